The van der Waals surface area contributed by atoms with E-state index in [1.54, 1.807) is 0 Å². The minimum absolute atomic E-state index is 0.217. The van der Waals surface area contributed by atoms with Crippen molar-refractivity contribution in [1.29, 1.82) is 0 Å². The van der Waals surface area contributed by atoms with Crippen LogP contribution < -0.4 is 5.32 Å². The molecule has 3 nitrogen and oxygen atoms in total. The molecule has 0 aromatic carbocycles. The van der Waals surface area contributed by atoms with Gasteiger partial charge in [-0.05, 0) is 46.1 Å². The Morgan fingerprint density at radius 2 is 2.18 bits per heavy atom. The predicted molar refractivity (Wildman–Crippen MR) is 71.0 cm³/mol. The second-order valence-electron chi connectivity index (χ2n) is 6.32. The summed E-state index contributed by atoms with van der Waals surface area (Å²) in [5, 5.41) is 3.64. The van der Waals surface area contributed by atoms with Crippen LogP contribution in [0.15, 0.2) is 12.4 Å². The van der Waals surface area contributed by atoms with E-state index in [1.165, 1.54) is 25.1 Å². The summed E-state index contributed by atoms with van der Waals surface area (Å²) in [6.07, 6.45) is 7.94. The van der Waals surface area contributed by atoms with Gasteiger partial charge < -0.3 is 9.88 Å². The lowest BCUT2D eigenvalue weighted by Crippen LogP contribution is -2.39. The van der Waals surface area contributed by atoms with Gasteiger partial charge in [0, 0.05) is 30.9 Å². The van der Waals surface area contributed by atoms with Gasteiger partial charge >= 0.3 is 0 Å². The lowest BCUT2D eigenvalue weighted by atomic mass is 9.94. The molecule has 1 N–H and O–H groups in total. The molecule has 1 aliphatic rings. The lowest BCUT2D eigenvalue weighted by Gasteiger charge is -2.26. The van der Waals surface area contributed by atoms with Crippen molar-refractivity contribution in [1.82, 2.24) is 14.9 Å². The zero-order chi connectivity index (χ0) is 12.5. The Hall–Kier alpha value is -0.830. The zero-order valence-corrected chi connectivity index (χ0v) is 11.5. The van der Waals surface area contributed by atoms with Gasteiger partial charge in [-0.25, -0.2) is 4.98 Å². The summed E-state index contributed by atoms with van der Waals surface area (Å²) < 4.78 is 2.18. The first-order chi connectivity index (χ1) is 7.97. The maximum absolute atomic E-state index is 4.53. The van der Waals surface area contributed by atoms with Gasteiger partial charge in [-0.15, -0.1) is 0 Å². The first kappa shape index (κ1) is 12.6. The first-order valence-corrected chi connectivity index (χ1v) is 6.69. The van der Waals surface area contributed by atoms with E-state index in [0.29, 0.717) is 5.92 Å². The number of aryl methyl sites for hydroxylation is 1. The topological polar surface area (TPSA) is 29.9 Å². The Morgan fingerprint density at radius 3 is 2.76 bits per heavy atom. The molecular formula is C14H25N3. The third-order valence-electron chi connectivity index (χ3n) is 3.74. The molecule has 0 aliphatic heterocycles. The van der Waals surface area contributed by atoms with Crippen LogP contribution in [0, 0.1) is 5.92 Å². The quantitative estimate of drug-likeness (QED) is 0.873. The number of nitrogens with zero attached hydrogens (tertiary/aromatic N) is 2. The summed E-state index contributed by atoms with van der Waals surface area (Å²) in [6, 6.07) is 0. The van der Waals surface area contributed by atoms with Crippen molar-refractivity contribution in [3.05, 3.63) is 18.2 Å². The van der Waals surface area contributed by atoms with Gasteiger partial charge in [0.05, 0.1) is 0 Å². The molecule has 96 valence electrons. The number of rotatable bonds is 3. The molecule has 0 radical (unpaired) electrons. The maximum Gasteiger partial charge on any atom is 0.111 e. The van der Waals surface area contributed by atoms with Crippen LogP contribution in [0.4, 0.5) is 0 Å². The molecule has 1 aromatic heterocycles. The average Bonchev–Trinajstić information content (AvgIpc) is 2.81. The van der Waals surface area contributed by atoms with E-state index in [0.717, 1.165) is 12.5 Å². The van der Waals surface area contributed by atoms with Gasteiger partial charge in [-0.3, -0.25) is 0 Å². The average molecular weight is 235 g/mol. The summed E-state index contributed by atoms with van der Waals surface area (Å²) in [5.74, 6) is 2.66. The molecule has 2 rings (SSSR count). The number of hydrogen-bond donors (Lipinski definition) is 1. The SMILES string of the molecule is Cn1ccnc1C1CCCC1CNC(C)(C)C. The summed E-state index contributed by atoms with van der Waals surface area (Å²) in [4.78, 5) is 4.53. The highest BCUT2D eigenvalue weighted by Crippen LogP contribution is 2.38. The van der Waals surface area contributed by atoms with E-state index >= 15 is 0 Å². The molecule has 2 atom stereocenters. The minimum atomic E-state index is 0.217. The molecule has 3 heteroatoms. The van der Waals surface area contributed by atoms with Gasteiger partial charge in [0.1, 0.15) is 5.82 Å². The molecule has 1 saturated carbocycles. The molecule has 1 aliphatic carbocycles. The van der Waals surface area contributed by atoms with Gasteiger partial charge in [0.2, 0.25) is 0 Å². The standard InChI is InChI=1S/C14H25N3/c1-14(2,3)16-10-11-6-5-7-12(11)13-15-8-9-17(13)4/h8-9,11-12,16H,5-7,10H2,1-4H3. The first-order valence-electron chi connectivity index (χ1n) is 6.69. The van der Waals surface area contributed by atoms with Crippen molar-refractivity contribution in [2.45, 2.75) is 51.5 Å². The minimum Gasteiger partial charge on any atom is -0.338 e. The second kappa shape index (κ2) is 4.81. The normalized spacial score (nSPS) is 25.4. The van der Waals surface area contributed by atoms with Gasteiger partial charge in [-0.1, -0.05) is 6.42 Å². The third-order valence-corrected chi connectivity index (χ3v) is 3.74. The van der Waals surface area contributed by atoms with Crippen molar-refractivity contribution >= 4 is 0 Å². The third kappa shape index (κ3) is 3.09. The van der Waals surface area contributed by atoms with Crippen LogP contribution in [0.1, 0.15) is 51.8 Å². The van der Waals surface area contributed by atoms with E-state index < -0.39 is 0 Å². The second-order valence-corrected chi connectivity index (χ2v) is 6.32. The Labute approximate surface area is 105 Å². The lowest BCUT2D eigenvalue weighted by molar-refractivity contribution is 0.350. The molecule has 1 fully saturated rings. The number of hydrogen-bond acceptors (Lipinski definition) is 2. The van der Waals surface area contributed by atoms with Crippen LogP contribution >= 0.6 is 0 Å². The monoisotopic (exact) mass is 235 g/mol. The van der Waals surface area contributed by atoms with Gasteiger partial charge in [0.15, 0.2) is 0 Å². The van der Waals surface area contributed by atoms with Crippen LogP contribution in [0.25, 0.3) is 0 Å². The molecule has 0 bridgehead atoms. The molecule has 0 spiro atoms. The molecule has 17 heavy (non-hydrogen) atoms. The number of nitrogens with one attached hydrogen (secondary N) is 1. The fraction of sp³-hybridized carbons (Fsp3) is 0.786. The Kier molecular flexibility index (Phi) is 3.57. The fourth-order valence-electron chi connectivity index (χ4n) is 2.79. The molecule has 1 aromatic rings. The van der Waals surface area contributed by atoms with E-state index in [4.69, 9.17) is 0 Å². The Balaban J connectivity index is 2.01. The fourth-order valence-corrected chi connectivity index (χ4v) is 2.79. The molecular weight excluding hydrogens is 210 g/mol. The van der Waals surface area contributed by atoms with Crippen LogP contribution in [0.3, 0.4) is 0 Å². The molecule has 1 heterocycles. The summed E-state index contributed by atoms with van der Waals surface area (Å²) in [6.45, 7) is 7.81. The highest BCUT2D eigenvalue weighted by atomic mass is 15.0. The van der Waals surface area contributed by atoms with E-state index in [2.05, 4.69) is 48.9 Å². The van der Waals surface area contributed by atoms with Crippen molar-refractivity contribution in [2.24, 2.45) is 13.0 Å². The molecule has 0 amide bonds. The Bertz CT molecular complexity index is 362. The van der Waals surface area contributed by atoms with E-state index in [-0.39, 0.29) is 5.54 Å². The molecule has 0 saturated heterocycles. The maximum atomic E-state index is 4.53. The van der Waals surface area contributed by atoms with E-state index in [9.17, 15) is 0 Å². The van der Waals surface area contributed by atoms with Crippen LogP contribution in [-0.4, -0.2) is 21.6 Å². The highest BCUT2D eigenvalue weighted by molar-refractivity contribution is 5.05. The summed E-state index contributed by atoms with van der Waals surface area (Å²) in [5.41, 5.74) is 0.217. The smallest absolute Gasteiger partial charge is 0.111 e. The zero-order valence-electron chi connectivity index (χ0n) is 11.5. The van der Waals surface area contributed by atoms with Crippen LogP contribution in [0.2, 0.25) is 0 Å². The van der Waals surface area contributed by atoms with Crippen LogP contribution in [0.5, 0.6) is 0 Å². The summed E-state index contributed by atoms with van der Waals surface area (Å²) in [7, 11) is 2.11. The largest absolute Gasteiger partial charge is 0.338 e. The Morgan fingerprint density at radius 1 is 1.41 bits per heavy atom. The van der Waals surface area contributed by atoms with Gasteiger partial charge in [-0.2, -0.15) is 0 Å². The predicted octanol–water partition coefficient (Wildman–Crippen LogP) is 2.69. The summed E-state index contributed by atoms with van der Waals surface area (Å²) >= 11 is 0. The van der Waals surface area contributed by atoms with Crippen molar-refractivity contribution in [2.75, 3.05) is 6.54 Å². The van der Waals surface area contributed by atoms with Crippen LogP contribution in [-0.2, 0) is 7.05 Å². The van der Waals surface area contributed by atoms with Crippen molar-refractivity contribution in [3.63, 3.8) is 0 Å². The van der Waals surface area contributed by atoms with E-state index in [1.807, 2.05) is 6.20 Å². The number of imidazole rings is 1. The number of aromatic nitrogens is 2. The van der Waals surface area contributed by atoms with Crippen molar-refractivity contribution < 1.29 is 0 Å². The molecule has 2 unspecified atom stereocenters. The highest BCUT2D eigenvalue weighted by Gasteiger charge is 2.31. The van der Waals surface area contributed by atoms with Crippen molar-refractivity contribution in [3.8, 4) is 0 Å². The van der Waals surface area contributed by atoms with Gasteiger partial charge in [0.25, 0.3) is 0 Å².